The van der Waals surface area contributed by atoms with Crippen LogP contribution in [0.15, 0.2) is 87.9 Å². The molecule has 3 rings (SSSR count). The Labute approximate surface area is 162 Å². The molecule has 136 valence electrons. The number of urea groups is 1. The number of carbonyl (C=O) groups is 1. The van der Waals surface area contributed by atoms with Crippen LogP contribution < -0.4 is 10.6 Å². The molecule has 2 N–H and O–H groups in total. The standard InChI is InChI=1S/C21H20N4OS/c1-15-7-9-17(10-8-15)24-25-20-6-4-3-5-19(20)23-21(26)22-16-11-13-18(27-2)14-12-16/h3-14H,1-2H3,(H2,22,23,26). The second-order valence-electron chi connectivity index (χ2n) is 5.86. The molecule has 6 heteroatoms. The smallest absolute Gasteiger partial charge is 0.308 e. The summed E-state index contributed by atoms with van der Waals surface area (Å²) in [6.45, 7) is 2.02. The molecule has 0 aliphatic carbocycles. The van der Waals surface area contributed by atoms with Gasteiger partial charge >= 0.3 is 6.03 Å². The Hall–Kier alpha value is -3.12. The highest BCUT2D eigenvalue weighted by Crippen LogP contribution is 2.27. The molecule has 0 aliphatic rings. The highest BCUT2D eigenvalue weighted by atomic mass is 32.2. The zero-order chi connectivity index (χ0) is 19.1. The molecule has 0 unspecified atom stereocenters. The SMILES string of the molecule is CSc1ccc(NC(=O)Nc2ccccc2N=Nc2ccc(C)cc2)cc1. The lowest BCUT2D eigenvalue weighted by atomic mass is 10.2. The van der Waals surface area contributed by atoms with Crippen LogP contribution in [0.25, 0.3) is 0 Å². The Morgan fingerprint density at radius 3 is 2.26 bits per heavy atom. The molecule has 0 bridgehead atoms. The topological polar surface area (TPSA) is 65.8 Å². The Kier molecular flexibility index (Phi) is 6.22. The number of anilines is 2. The van der Waals surface area contributed by atoms with Crippen molar-refractivity contribution >= 4 is 40.5 Å². The lowest BCUT2D eigenvalue weighted by Crippen LogP contribution is -2.19. The predicted molar refractivity (Wildman–Crippen MR) is 113 cm³/mol. The predicted octanol–water partition coefficient (Wildman–Crippen LogP) is 6.78. The Balaban J connectivity index is 1.69. The van der Waals surface area contributed by atoms with Gasteiger partial charge in [-0.15, -0.1) is 16.9 Å². The molecule has 0 radical (unpaired) electrons. The van der Waals surface area contributed by atoms with Crippen molar-refractivity contribution < 1.29 is 4.79 Å². The maximum atomic E-state index is 12.3. The van der Waals surface area contributed by atoms with Gasteiger partial charge in [-0.25, -0.2) is 4.79 Å². The number of benzene rings is 3. The number of nitrogens with zero attached hydrogens (tertiary/aromatic N) is 2. The lowest BCUT2D eigenvalue weighted by molar-refractivity contribution is 0.262. The molecule has 0 spiro atoms. The van der Waals surface area contributed by atoms with Gasteiger partial charge < -0.3 is 10.6 Å². The van der Waals surface area contributed by atoms with E-state index in [4.69, 9.17) is 0 Å². The summed E-state index contributed by atoms with van der Waals surface area (Å²) in [7, 11) is 0. The number of carbonyl (C=O) groups excluding carboxylic acids is 1. The van der Waals surface area contributed by atoms with Gasteiger partial charge in [-0.2, -0.15) is 5.11 Å². The van der Waals surface area contributed by atoms with Crippen LogP contribution in [0.1, 0.15) is 5.56 Å². The summed E-state index contributed by atoms with van der Waals surface area (Å²) in [5.74, 6) is 0. The van der Waals surface area contributed by atoms with Gasteiger partial charge in [0.25, 0.3) is 0 Å². The van der Waals surface area contributed by atoms with Gasteiger partial charge in [0.2, 0.25) is 0 Å². The van der Waals surface area contributed by atoms with Crippen molar-refractivity contribution in [3.8, 4) is 0 Å². The Morgan fingerprint density at radius 1 is 0.852 bits per heavy atom. The molecule has 5 nitrogen and oxygen atoms in total. The van der Waals surface area contributed by atoms with Crippen molar-refractivity contribution in [2.45, 2.75) is 11.8 Å². The zero-order valence-corrected chi connectivity index (χ0v) is 16.0. The van der Waals surface area contributed by atoms with Gasteiger partial charge in [-0.05, 0) is 61.7 Å². The number of hydrogen-bond donors (Lipinski definition) is 2. The largest absolute Gasteiger partial charge is 0.323 e. The van der Waals surface area contributed by atoms with E-state index in [9.17, 15) is 4.79 Å². The minimum atomic E-state index is -0.329. The van der Waals surface area contributed by atoms with E-state index in [0.29, 0.717) is 11.4 Å². The third kappa shape index (κ3) is 5.43. The monoisotopic (exact) mass is 376 g/mol. The second-order valence-corrected chi connectivity index (χ2v) is 6.74. The molecule has 0 saturated carbocycles. The molecule has 0 fully saturated rings. The van der Waals surface area contributed by atoms with Crippen LogP contribution in [0, 0.1) is 6.92 Å². The molecule has 0 aliphatic heterocycles. The van der Waals surface area contributed by atoms with Gasteiger partial charge in [0.05, 0.1) is 11.4 Å². The van der Waals surface area contributed by atoms with Crippen LogP contribution in [-0.2, 0) is 0 Å². The van der Waals surface area contributed by atoms with Gasteiger partial charge in [0.15, 0.2) is 0 Å². The van der Waals surface area contributed by atoms with Crippen molar-refractivity contribution in [1.82, 2.24) is 0 Å². The normalized spacial score (nSPS) is 10.7. The van der Waals surface area contributed by atoms with Gasteiger partial charge in [-0.3, -0.25) is 0 Å². The van der Waals surface area contributed by atoms with Crippen molar-refractivity contribution in [2.75, 3.05) is 16.9 Å². The molecule has 3 aromatic carbocycles. The highest BCUT2D eigenvalue weighted by Gasteiger charge is 2.06. The van der Waals surface area contributed by atoms with E-state index in [1.807, 2.05) is 73.8 Å². The first-order valence-corrected chi connectivity index (χ1v) is 9.66. The molecule has 3 aromatic rings. The third-order valence-corrected chi connectivity index (χ3v) is 4.55. The minimum absolute atomic E-state index is 0.329. The molecule has 0 saturated heterocycles. The van der Waals surface area contributed by atoms with Crippen molar-refractivity contribution in [2.24, 2.45) is 10.2 Å². The molecule has 0 heterocycles. The highest BCUT2D eigenvalue weighted by molar-refractivity contribution is 7.98. The first-order chi connectivity index (χ1) is 13.1. The maximum Gasteiger partial charge on any atom is 0.323 e. The van der Waals surface area contributed by atoms with Crippen LogP contribution >= 0.6 is 11.8 Å². The molecular weight excluding hydrogens is 356 g/mol. The van der Waals surface area contributed by atoms with Gasteiger partial charge in [-0.1, -0.05) is 29.8 Å². The number of aryl methyl sites for hydroxylation is 1. The summed E-state index contributed by atoms with van der Waals surface area (Å²) >= 11 is 1.65. The first-order valence-electron chi connectivity index (χ1n) is 8.43. The van der Waals surface area contributed by atoms with E-state index in [2.05, 4.69) is 20.9 Å². The minimum Gasteiger partial charge on any atom is -0.308 e. The molecule has 0 aromatic heterocycles. The summed E-state index contributed by atoms with van der Waals surface area (Å²) in [5.41, 5.74) is 3.83. The number of nitrogens with one attached hydrogen (secondary N) is 2. The van der Waals surface area contributed by atoms with Crippen molar-refractivity contribution in [3.63, 3.8) is 0 Å². The van der Waals surface area contributed by atoms with E-state index in [-0.39, 0.29) is 6.03 Å². The average Bonchev–Trinajstić information content (AvgIpc) is 2.69. The molecule has 27 heavy (non-hydrogen) atoms. The van der Waals surface area contributed by atoms with E-state index in [1.54, 1.807) is 23.9 Å². The van der Waals surface area contributed by atoms with Gasteiger partial charge in [0.1, 0.15) is 5.69 Å². The maximum absolute atomic E-state index is 12.3. The van der Waals surface area contributed by atoms with E-state index < -0.39 is 0 Å². The summed E-state index contributed by atoms with van der Waals surface area (Å²) in [4.78, 5) is 13.4. The van der Waals surface area contributed by atoms with E-state index >= 15 is 0 Å². The lowest BCUT2D eigenvalue weighted by Gasteiger charge is -2.09. The average molecular weight is 376 g/mol. The summed E-state index contributed by atoms with van der Waals surface area (Å²) < 4.78 is 0. The number of hydrogen-bond acceptors (Lipinski definition) is 4. The number of rotatable bonds is 5. The number of para-hydroxylation sites is 1. The Morgan fingerprint density at radius 2 is 1.56 bits per heavy atom. The quantitative estimate of drug-likeness (QED) is 0.381. The summed E-state index contributed by atoms with van der Waals surface area (Å²) in [6.07, 6.45) is 2.01. The van der Waals surface area contributed by atoms with E-state index in [1.165, 1.54) is 5.56 Å². The van der Waals surface area contributed by atoms with E-state index in [0.717, 1.165) is 16.3 Å². The first kappa shape index (κ1) is 18.7. The van der Waals surface area contributed by atoms with Crippen LogP contribution in [0.5, 0.6) is 0 Å². The zero-order valence-electron chi connectivity index (χ0n) is 15.1. The molecular formula is C21H20N4OS. The second kappa shape index (κ2) is 9.00. The van der Waals surface area contributed by atoms with Crippen LogP contribution in [0.3, 0.4) is 0 Å². The number of thioether (sulfide) groups is 1. The van der Waals surface area contributed by atoms with Crippen molar-refractivity contribution in [3.05, 3.63) is 78.4 Å². The summed E-state index contributed by atoms with van der Waals surface area (Å²) in [6, 6.07) is 22.4. The fraction of sp³-hybridized carbons (Fsp3) is 0.0952. The number of amides is 2. The summed E-state index contributed by atoms with van der Waals surface area (Å²) in [5, 5.41) is 14.1. The van der Waals surface area contributed by atoms with Gasteiger partial charge in [0, 0.05) is 10.6 Å². The third-order valence-electron chi connectivity index (χ3n) is 3.81. The van der Waals surface area contributed by atoms with Crippen molar-refractivity contribution in [1.29, 1.82) is 0 Å². The molecule has 0 atom stereocenters. The van der Waals surface area contributed by atoms with Crippen LogP contribution in [0.2, 0.25) is 0 Å². The fourth-order valence-corrected chi connectivity index (χ4v) is 2.76. The van der Waals surface area contributed by atoms with Crippen LogP contribution in [0.4, 0.5) is 27.5 Å². The number of azo groups is 1. The van der Waals surface area contributed by atoms with Crippen LogP contribution in [-0.4, -0.2) is 12.3 Å². The molecule has 2 amide bonds. The Bertz CT molecular complexity index is 937. The fourth-order valence-electron chi connectivity index (χ4n) is 2.35.